The summed E-state index contributed by atoms with van der Waals surface area (Å²) in [6.07, 6.45) is -4.71. The number of amides is 1. The summed E-state index contributed by atoms with van der Waals surface area (Å²) in [4.78, 5) is 19.3. The van der Waals surface area contributed by atoms with E-state index < -0.39 is 33.7 Å². The number of halogens is 4. The van der Waals surface area contributed by atoms with Crippen molar-refractivity contribution < 1.29 is 26.4 Å². The maximum Gasteiger partial charge on any atom is 0.418 e. The lowest BCUT2D eigenvalue weighted by molar-refractivity contribution is -0.137. The Morgan fingerprint density at radius 3 is 2.41 bits per heavy atom. The summed E-state index contributed by atoms with van der Waals surface area (Å²) in [5.41, 5.74) is -1.23. The normalized spacial score (nSPS) is 18.3. The second kappa shape index (κ2) is 9.96. The Hall–Kier alpha value is -1.96. The van der Waals surface area contributed by atoms with Gasteiger partial charge in [-0.3, -0.25) is 4.79 Å². The van der Waals surface area contributed by atoms with Crippen LogP contribution < -0.4 is 4.90 Å². The molecule has 3 rings (SSSR count). The third-order valence-electron chi connectivity index (χ3n) is 5.48. The Morgan fingerprint density at radius 2 is 1.88 bits per heavy atom. The van der Waals surface area contributed by atoms with E-state index >= 15 is 0 Å². The molecule has 1 aromatic heterocycles. The Bertz CT molecular complexity index is 1210. The number of carbonyl (C=O) groups excluding carboxylic acids is 1. The van der Waals surface area contributed by atoms with E-state index in [1.807, 2.05) is 0 Å². The van der Waals surface area contributed by atoms with E-state index in [9.17, 15) is 26.4 Å². The summed E-state index contributed by atoms with van der Waals surface area (Å²) >= 11 is 4.34. The topological polar surface area (TPSA) is 73.3 Å². The molecule has 13 heteroatoms. The summed E-state index contributed by atoms with van der Waals surface area (Å²) in [6, 6.07) is 5.96. The molecule has 0 N–H and O–H groups in total. The molecule has 0 spiro atoms. The van der Waals surface area contributed by atoms with Crippen molar-refractivity contribution in [2.24, 2.45) is 4.99 Å². The number of nitrogens with zero attached hydrogens (tertiary/aromatic N) is 4. The number of thiophene rings is 1. The summed E-state index contributed by atoms with van der Waals surface area (Å²) in [5, 5.41) is 0. The molecule has 34 heavy (non-hydrogen) atoms. The highest BCUT2D eigenvalue weighted by Gasteiger charge is 2.39. The summed E-state index contributed by atoms with van der Waals surface area (Å²) < 4.78 is 70.0. The van der Waals surface area contributed by atoms with Gasteiger partial charge >= 0.3 is 6.18 Å². The number of rotatable bonds is 4. The van der Waals surface area contributed by atoms with Crippen LogP contribution in [0.4, 0.5) is 18.9 Å². The van der Waals surface area contributed by atoms with Crippen LogP contribution in [0.3, 0.4) is 0 Å². The van der Waals surface area contributed by atoms with Crippen LogP contribution in [0.15, 0.2) is 43.3 Å². The Kier molecular flexibility index (Phi) is 7.80. The molecule has 0 unspecified atom stereocenters. The number of hydrogen-bond donors (Lipinski definition) is 0. The van der Waals surface area contributed by atoms with Crippen LogP contribution in [0.25, 0.3) is 0 Å². The zero-order valence-electron chi connectivity index (χ0n) is 18.9. The van der Waals surface area contributed by atoms with Crippen LogP contribution in [0.2, 0.25) is 0 Å². The van der Waals surface area contributed by atoms with Crippen LogP contribution in [-0.4, -0.2) is 69.1 Å². The van der Waals surface area contributed by atoms with Gasteiger partial charge in [-0.05, 0) is 60.1 Å². The van der Waals surface area contributed by atoms with Gasteiger partial charge in [-0.15, -0.1) is 11.3 Å². The predicted molar refractivity (Wildman–Crippen MR) is 130 cm³/mol. The van der Waals surface area contributed by atoms with E-state index in [0.717, 1.165) is 17.4 Å². The minimum absolute atomic E-state index is 0.0311. The highest BCUT2D eigenvalue weighted by molar-refractivity contribution is 9.11. The van der Waals surface area contributed by atoms with Crippen molar-refractivity contribution in [3.63, 3.8) is 0 Å². The first-order valence-electron chi connectivity index (χ1n) is 10.2. The quantitative estimate of drug-likeness (QED) is 0.392. The molecule has 0 bridgehead atoms. The van der Waals surface area contributed by atoms with Gasteiger partial charge in [-0.1, -0.05) is 0 Å². The van der Waals surface area contributed by atoms with E-state index in [2.05, 4.69) is 20.9 Å². The molecular formula is C21H24BrF3N4O3S2. The SMILES string of the molecule is CC(=NC(=O)c1ccc(N2CCN(S(=O)(=O)c3ccc(Br)s3)[C@H](C)C2)c(C(F)(F)F)c1)N(C)C. The van der Waals surface area contributed by atoms with Gasteiger partial charge in [0.15, 0.2) is 0 Å². The fourth-order valence-electron chi connectivity index (χ4n) is 3.55. The van der Waals surface area contributed by atoms with Crippen molar-refractivity contribution in [2.45, 2.75) is 30.3 Å². The maximum absolute atomic E-state index is 13.9. The van der Waals surface area contributed by atoms with Crippen molar-refractivity contribution in [3.05, 3.63) is 45.2 Å². The molecule has 0 saturated carbocycles. The fourth-order valence-corrected chi connectivity index (χ4v) is 7.30. The minimum Gasteiger partial charge on any atom is -0.368 e. The van der Waals surface area contributed by atoms with Gasteiger partial charge in [0, 0.05) is 51.0 Å². The molecule has 1 atom stereocenters. The lowest BCUT2D eigenvalue weighted by Crippen LogP contribution is -2.54. The van der Waals surface area contributed by atoms with Crippen molar-refractivity contribution in [3.8, 4) is 0 Å². The molecular weight excluding hydrogens is 557 g/mol. The minimum atomic E-state index is -4.71. The van der Waals surface area contributed by atoms with Crippen LogP contribution in [0, 0.1) is 0 Å². The monoisotopic (exact) mass is 580 g/mol. The highest BCUT2D eigenvalue weighted by atomic mass is 79.9. The van der Waals surface area contributed by atoms with E-state index in [-0.39, 0.29) is 35.1 Å². The number of alkyl halides is 3. The second-order valence-corrected chi connectivity index (χ2v) is 12.6. The summed E-state index contributed by atoms with van der Waals surface area (Å²) in [7, 11) is -0.411. The standard InChI is InChI=1S/C21H24BrF3N4O3S2/c1-13-12-28(9-10-29(13)34(31,32)19-8-7-18(22)33-19)17-6-5-15(11-16(17)21(23,24)25)20(30)26-14(2)27(3)4/h5-8,11,13H,9-10,12H2,1-4H3/t13-/m1/s1. The number of aliphatic imine (C=N–C) groups is 1. The van der Waals surface area contributed by atoms with Gasteiger partial charge in [-0.25, -0.2) is 8.42 Å². The van der Waals surface area contributed by atoms with Gasteiger partial charge in [0.05, 0.1) is 9.35 Å². The average molecular weight is 581 g/mol. The third kappa shape index (κ3) is 5.64. The van der Waals surface area contributed by atoms with Crippen molar-refractivity contribution in [1.29, 1.82) is 0 Å². The smallest absolute Gasteiger partial charge is 0.368 e. The summed E-state index contributed by atoms with van der Waals surface area (Å²) in [5.74, 6) is -0.402. The van der Waals surface area contributed by atoms with Gasteiger partial charge in [0.25, 0.3) is 15.9 Å². The molecule has 1 fully saturated rings. The molecule has 1 aromatic carbocycles. The van der Waals surface area contributed by atoms with Gasteiger partial charge in [0.1, 0.15) is 10.0 Å². The molecule has 2 heterocycles. The van der Waals surface area contributed by atoms with Crippen LogP contribution in [0.1, 0.15) is 29.8 Å². The molecule has 1 aliphatic heterocycles. The second-order valence-electron chi connectivity index (χ2n) is 8.06. The number of sulfonamides is 1. The Labute approximate surface area is 209 Å². The fraction of sp³-hybridized carbons (Fsp3) is 0.429. The first-order chi connectivity index (χ1) is 15.7. The summed E-state index contributed by atoms with van der Waals surface area (Å²) in [6.45, 7) is 3.42. The maximum atomic E-state index is 13.9. The first-order valence-corrected chi connectivity index (χ1v) is 13.3. The number of hydrogen-bond acceptors (Lipinski definition) is 5. The lowest BCUT2D eigenvalue weighted by Gasteiger charge is -2.40. The number of amidine groups is 1. The third-order valence-corrected chi connectivity index (χ3v) is 9.58. The predicted octanol–water partition coefficient (Wildman–Crippen LogP) is 4.55. The molecule has 1 saturated heterocycles. The largest absolute Gasteiger partial charge is 0.418 e. The Balaban J connectivity index is 1.89. The van der Waals surface area contributed by atoms with E-state index in [1.54, 1.807) is 38.9 Å². The number of benzene rings is 1. The average Bonchev–Trinajstić information content (AvgIpc) is 3.19. The van der Waals surface area contributed by atoms with E-state index in [0.29, 0.717) is 9.62 Å². The number of anilines is 1. The van der Waals surface area contributed by atoms with Crippen LogP contribution in [0.5, 0.6) is 0 Å². The van der Waals surface area contributed by atoms with Crippen molar-refractivity contribution in [1.82, 2.24) is 9.21 Å². The molecule has 7 nitrogen and oxygen atoms in total. The van der Waals surface area contributed by atoms with Gasteiger partial charge in [0.2, 0.25) is 0 Å². The van der Waals surface area contributed by atoms with E-state index in [4.69, 9.17) is 0 Å². The number of carbonyl (C=O) groups is 1. The van der Waals surface area contributed by atoms with Crippen molar-refractivity contribution in [2.75, 3.05) is 38.6 Å². The number of piperazine rings is 1. The zero-order valence-corrected chi connectivity index (χ0v) is 22.1. The molecule has 0 radical (unpaired) electrons. The van der Waals surface area contributed by atoms with Gasteiger partial charge < -0.3 is 9.80 Å². The zero-order chi connectivity index (χ0) is 25.4. The highest BCUT2D eigenvalue weighted by Crippen LogP contribution is 2.39. The van der Waals surface area contributed by atoms with E-state index in [1.165, 1.54) is 27.4 Å². The lowest BCUT2D eigenvalue weighted by atomic mass is 10.0. The van der Waals surface area contributed by atoms with Gasteiger partial charge in [-0.2, -0.15) is 22.5 Å². The molecule has 1 aliphatic rings. The molecule has 0 aliphatic carbocycles. The molecule has 186 valence electrons. The van der Waals surface area contributed by atoms with Crippen LogP contribution in [-0.2, 0) is 16.2 Å². The molecule has 1 amide bonds. The Morgan fingerprint density at radius 1 is 1.21 bits per heavy atom. The van der Waals surface area contributed by atoms with Crippen molar-refractivity contribution >= 4 is 54.7 Å². The van der Waals surface area contributed by atoms with Crippen LogP contribution >= 0.6 is 27.3 Å². The molecule has 2 aromatic rings. The first kappa shape index (κ1) is 26.6.